The van der Waals surface area contributed by atoms with Crippen LogP contribution in [0.1, 0.15) is 28.7 Å². The van der Waals surface area contributed by atoms with E-state index >= 15 is 0 Å². The lowest BCUT2D eigenvalue weighted by molar-refractivity contribution is 0.101. The number of amides is 1. The topological polar surface area (TPSA) is 90.5 Å². The number of anilines is 1. The summed E-state index contributed by atoms with van der Waals surface area (Å²) in [5.41, 5.74) is 3.40. The van der Waals surface area contributed by atoms with Crippen molar-refractivity contribution in [2.75, 3.05) is 11.9 Å². The number of hydrogen-bond acceptors (Lipinski definition) is 5. The number of carbonyl (C=O) groups excluding carboxylic acids is 1. The first-order valence-electron chi connectivity index (χ1n) is 11.1. The summed E-state index contributed by atoms with van der Waals surface area (Å²) in [5, 5.41) is 7.76. The third-order valence-electron chi connectivity index (χ3n) is 5.56. The molecule has 0 radical (unpaired) electrons. The minimum absolute atomic E-state index is 0.0617. The predicted molar refractivity (Wildman–Crippen MR) is 136 cm³/mol. The standard InChI is InChI=1S/C26H22ClN5O3/c1-3-35-22-10-5-4-9-19(22)28-25(33)23-29-24-26(34)31(15-17-7-6-8-18(27)14-17)21-13-16(2)11-12-20(21)32(24)30-23/h4-14H,3,15H2,1-2H3,(H,28,33). The van der Waals surface area contributed by atoms with Gasteiger partial charge in [0.25, 0.3) is 11.5 Å². The molecular weight excluding hydrogens is 466 g/mol. The summed E-state index contributed by atoms with van der Waals surface area (Å²) < 4.78 is 8.63. The van der Waals surface area contributed by atoms with E-state index in [4.69, 9.17) is 16.3 Å². The quantitative estimate of drug-likeness (QED) is 0.374. The van der Waals surface area contributed by atoms with Crippen LogP contribution in [0.4, 0.5) is 5.69 Å². The lowest BCUT2D eigenvalue weighted by atomic mass is 10.2. The molecule has 2 aromatic heterocycles. The number of fused-ring (bicyclic) bond motifs is 3. The van der Waals surface area contributed by atoms with Crippen molar-refractivity contribution < 1.29 is 9.53 Å². The number of aryl methyl sites for hydroxylation is 1. The summed E-state index contributed by atoms with van der Waals surface area (Å²) in [6.07, 6.45) is 0. The van der Waals surface area contributed by atoms with Crippen LogP contribution in [0, 0.1) is 6.92 Å². The van der Waals surface area contributed by atoms with Crippen LogP contribution in [0.5, 0.6) is 5.75 Å². The van der Waals surface area contributed by atoms with Crippen molar-refractivity contribution in [1.82, 2.24) is 19.2 Å². The zero-order valence-corrected chi connectivity index (χ0v) is 19.9. The molecule has 0 saturated carbocycles. The van der Waals surface area contributed by atoms with E-state index in [0.717, 1.165) is 11.1 Å². The monoisotopic (exact) mass is 487 g/mol. The molecule has 0 saturated heterocycles. The normalized spacial score (nSPS) is 11.2. The van der Waals surface area contributed by atoms with Crippen LogP contribution < -0.4 is 15.6 Å². The van der Waals surface area contributed by atoms with Crippen molar-refractivity contribution in [1.29, 1.82) is 0 Å². The molecule has 0 aliphatic carbocycles. The molecule has 0 atom stereocenters. The van der Waals surface area contributed by atoms with Crippen molar-refractivity contribution in [2.45, 2.75) is 20.4 Å². The Morgan fingerprint density at radius 1 is 1.06 bits per heavy atom. The van der Waals surface area contributed by atoms with E-state index in [1.54, 1.807) is 28.8 Å². The summed E-state index contributed by atoms with van der Waals surface area (Å²) in [4.78, 5) is 30.9. The van der Waals surface area contributed by atoms with Gasteiger partial charge in [0.05, 0.1) is 29.9 Å². The Balaban J connectivity index is 1.62. The molecule has 0 spiro atoms. The summed E-state index contributed by atoms with van der Waals surface area (Å²) >= 11 is 6.16. The fourth-order valence-electron chi connectivity index (χ4n) is 3.98. The van der Waals surface area contributed by atoms with Gasteiger partial charge in [-0.25, -0.2) is 4.52 Å². The Morgan fingerprint density at radius 2 is 1.89 bits per heavy atom. The smallest absolute Gasteiger partial charge is 0.296 e. The molecule has 3 aromatic carbocycles. The van der Waals surface area contributed by atoms with Gasteiger partial charge in [-0.2, -0.15) is 4.98 Å². The van der Waals surface area contributed by atoms with Crippen LogP contribution in [0.25, 0.3) is 16.7 Å². The van der Waals surface area contributed by atoms with Gasteiger partial charge in [-0.15, -0.1) is 5.10 Å². The Bertz CT molecular complexity index is 1640. The molecule has 0 unspecified atom stereocenters. The van der Waals surface area contributed by atoms with Gasteiger partial charge in [-0.05, 0) is 61.4 Å². The molecule has 8 nitrogen and oxygen atoms in total. The molecule has 0 aliphatic rings. The SMILES string of the molecule is CCOc1ccccc1NC(=O)c1nc2c(=O)n(Cc3cccc(Cl)c3)c3cc(C)ccc3n2n1. The molecule has 0 bridgehead atoms. The van der Waals surface area contributed by atoms with Gasteiger partial charge in [0.2, 0.25) is 11.5 Å². The van der Waals surface area contributed by atoms with Crippen LogP contribution in [0.3, 0.4) is 0 Å². The first kappa shape index (κ1) is 22.6. The average molecular weight is 488 g/mol. The van der Waals surface area contributed by atoms with E-state index in [0.29, 0.717) is 40.6 Å². The van der Waals surface area contributed by atoms with Crippen LogP contribution in [0.15, 0.2) is 71.5 Å². The zero-order valence-electron chi connectivity index (χ0n) is 19.2. The molecular formula is C26H22ClN5O3. The minimum atomic E-state index is -0.540. The predicted octanol–water partition coefficient (Wildman–Crippen LogP) is 4.71. The number of rotatable bonds is 6. The lowest BCUT2D eigenvalue weighted by Crippen LogP contribution is -2.24. The molecule has 1 N–H and O–H groups in total. The second-order valence-electron chi connectivity index (χ2n) is 8.07. The fourth-order valence-corrected chi connectivity index (χ4v) is 4.19. The molecule has 5 rings (SSSR count). The maximum atomic E-state index is 13.5. The zero-order chi connectivity index (χ0) is 24.5. The van der Waals surface area contributed by atoms with Gasteiger partial charge in [0, 0.05) is 5.02 Å². The van der Waals surface area contributed by atoms with E-state index in [1.165, 1.54) is 4.52 Å². The van der Waals surface area contributed by atoms with E-state index < -0.39 is 5.91 Å². The first-order valence-corrected chi connectivity index (χ1v) is 11.5. The molecule has 2 heterocycles. The summed E-state index contributed by atoms with van der Waals surface area (Å²) in [6.45, 7) is 4.57. The van der Waals surface area contributed by atoms with Crippen molar-refractivity contribution >= 4 is 39.9 Å². The number of nitrogens with one attached hydrogen (secondary N) is 1. The third kappa shape index (κ3) is 4.36. The number of nitrogens with zero attached hydrogens (tertiary/aromatic N) is 4. The maximum Gasteiger partial charge on any atom is 0.296 e. The molecule has 0 aliphatic heterocycles. The highest BCUT2D eigenvalue weighted by Crippen LogP contribution is 2.24. The van der Waals surface area contributed by atoms with Crippen LogP contribution in [-0.2, 0) is 6.54 Å². The van der Waals surface area contributed by atoms with Gasteiger partial charge >= 0.3 is 0 Å². The van der Waals surface area contributed by atoms with Crippen molar-refractivity contribution in [2.24, 2.45) is 0 Å². The van der Waals surface area contributed by atoms with E-state index in [9.17, 15) is 9.59 Å². The molecule has 1 amide bonds. The Hall–Kier alpha value is -4.17. The second-order valence-corrected chi connectivity index (χ2v) is 8.50. The van der Waals surface area contributed by atoms with E-state index in [-0.39, 0.29) is 17.0 Å². The van der Waals surface area contributed by atoms with Crippen molar-refractivity contribution in [3.63, 3.8) is 0 Å². The average Bonchev–Trinajstić information content (AvgIpc) is 3.29. The highest BCUT2D eigenvalue weighted by Gasteiger charge is 2.20. The maximum absolute atomic E-state index is 13.5. The number of hydrogen-bond donors (Lipinski definition) is 1. The Kier molecular flexibility index (Phi) is 5.96. The molecule has 9 heteroatoms. The van der Waals surface area contributed by atoms with Crippen molar-refractivity contribution in [3.8, 4) is 5.75 Å². The van der Waals surface area contributed by atoms with Gasteiger partial charge in [-0.3, -0.25) is 14.2 Å². The fraction of sp³-hybridized carbons (Fsp3) is 0.154. The number of aromatic nitrogens is 4. The van der Waals surface area contributed by atoms with Crippen LogP contribution >= 0.6 is 11.6 Å². The van der Waals surface area contributed by atoms with E-state index in [1.807, 2.05) is 56.3 Å². The number of halogens is 1. The number of ether oxygens (including phenoxy) is 1. The van der Waals surface area contributed by atoms with Crippen LogP contribution in [0.2, 0.25) is 5.02 Å². The van der Waals surface area contributed by atoms with Gasteiger partial charge in [-0.1, -0.05) is 41.9 Å². The van der Waals surface area contributed by atoms with Gasteiger partial charge < -0.3 is 10.1 Å². The molecule has 176 valence electrons. The highest BCUT2D eigenvalue weighted by atomic mass is 35.5. The minimum Gasteiger partial charge on any atom is -0.492 e. The largest absolute Gasteiger partial charge is 0.492 e. The summed E-state index contributed by atoms with van der Waals surface area (Å²) in [7, 11) is 0. The van der Waals surface area contributed by atoms with Crippen molar-refractivity contribution in [3.05, 3.63) is 99.1 Å². The molecule has 5 aromatic rings. The number of carbonyl (C=O) groups is 1. The summed E-state index contributed by atoms with van der Waals surface area (Å²) in [6, 6.07) is 20.2. The Labute approximate surface area is 205 Å². The third-order valence-corrected chi connectivity index (χ3v) is 5.80. The summed E-state index contributed by atoms with van der Waals surface area (Å²) in [5.74, 6) is -0.116. The Morgan fingerprint density at radius 3 is 2.69 bits per heavy atom. The molecule has 35 heavy (non-hydrogen) atoms. The van der Waals surface area contributed by atoms with E-state index in [2.05, 4.69) is 15.4 Å². The van der Waals surface area contributed by atoms with Crippen LogP contribution in [-0.4, -0.2) is 31.7 Å². The number of para-hydroxylation sites is 2. The second kappa shape index (κ2) is 9.23. The van der Waals surface area contributed by atoms with Gasteiger partial charge in [0.1, 0.15) is 5.75 Å². The first-order chi connectivity index (χ1) is 16.9. The number of benzene rings is 3. The lowest BCUT2D eigenvalue weighted by Gasteiger charge is -2.12. The van der Waals surface area contributed by atoms with Gasteiger partial charge in [0.15, 0.2) is 0 Å². The highest BCUT2D eigenvalue weighted by molar-refractivity contribution is 6.30. The molecule has 0 fully saturated rings.